The van der Waals surface area contributed by atoms with Gasteiger partial charge >= 0.3 is 0 Å². The van der Waals surface area contributed by atoms with Crippen LogP contribution in [-0.4, -0.2) is 60.9 Å². The molecule has 2 aliphatic heterocycles. The minimum atomic E-state index is -0.00579. The second-order valence-corrected chi connectivity index (χ2v) is 4.92. The highest BCUT2D eigenvalue weighted by Crippen LogP contribution is 2.11. The monoisotopic (exact) mass is 334 g/mol. The number of ether oxygens (including phenoxy) is 2. The Labute approximate surface area is 133 Å². The largest absolute Gasteiger partial charge is 0.394 e. The molecule has 0 bridgehead atoms. The highest BCUT2D eigenvalue weighted by molar-refractivity contribution is 5.85. The standard InChI is InChI=1S/2C6H13NO2.2ClH/c2*7-5-1-2-9-6(3-5)4-8;;/h2*5-6,8H,1-4,7H2;2*1H/t2*5-,6+;;/m10../s1. The normalized spacial score (nSPS) is 33.0. The molecular formula is C12H28Cl2N2O4. The first-order valence-corrected chi connectivity index (χ1v) is 6.61. The Hall–Kier alpha value is 0.340. The molecule has 124 valence electrons. The molecule has 8 heteroatoms. The Bertz CT molecular complexity index is 206. The summed E-state index contributed by atoms with van der Waals surface area (Å²) in [6.07, 6.45) is 3.45. The fourth-order valence-corrected chi connectivity index (χ4v) is 2.07. The van der Waals surface area contributed by atoms with Crippen LogP contribution in [0.2, 0.25) is 0 Å². The molecule has 6 N–H and O–H groups in total. The van der Waals surface area contributed by atoms with E-state index in [0.717, 1.165) is 25.7 Å². The molecule has 0 spiro atoms. The van der Waals surface area contributed by atoms with Crippen molar-refractivity contribution in [1.82, 2.24) is 0 Å². The zero-order valence-electron chi connectivity index (χ0n) is 11.6. The predicted molar refractivity (Wildman–Crippen MR) is 82.6 cm³/mol. The molecule has 0 unspecified atom stereocenters. The third kappa shape index (κ3) is 9.31. The molecule has 6 nitrogen and oxygen atoms in total. The van der Waals surface area contributed by atoms with Crippen LogP contribution >= 0.6 is 24.8 Å². The van der Waals surface area contributed by atoms with Crippen LogP contribution in [-0.2, 0) is 9.47 Å². The van der Waals surface area contributed by atoms with Crippen LogP contribution in [0.4, 0.5) is 0 Å². The number of halogens is 2. The summed E-state index contributed by atoms with van der Waals surface area (Å²) in [5, 5.41) is 17.3. The molecule has 2 rings (SSSR count). The van der Waals surface area contributed by atoms with E-state index in [1.54, 1.807) is 0 Å². The van der Waals surface area contributed by atoms with Crippen molar-refractivity contribution in [3.05, 3.63) is 0 Å². The van der Waals surface area contributed by atoms with E-state index in [9.17, 15) is 0 Å². The summed E-state index contributed by atoms with van der Waals surface area (Å²) >= 11 is 0. The molecule has 2 heterocycles. The second-order valence-electron chi connectivity index (χ2n) is 4.92. The predicted octanol–water partition coefficient (Wildman–Crippen LogP) is -0.186. The Balaban J connectivity index is 0. The van der Waals surface area contributed by atoms with Gasteiger partial charge in [0.15, 0.2) is 0 Å². The van der Waals surface area contributed by atoms with Crippen molar-refractivity contribution in [2.45, 2.75) is 50.0 Å². The van der Waals surface area contributed by atoms with Crippen molar-refractivity contribution in [1.29, 1.82) is 0 Å². The maximum Gasteiger partial charge on any atom is 0.0820 e. The van der Waals surface area contributed by atoms with E-state index in [4.69, 9.17) is 31.2 Å². The number of aliphatic hydroxyl groups is 2. The fraction of sp³-hybridized carbons (Fsp3) is 1.00. The molecule has 0 radical (unpaired) electrons. The highest BCUT2D eigenvalue weighted by atomic mass is 35.5. The first-order valence-electron chi connectivity index (χ1n) is 6.61. The molecule has 0 aromatic carbocycles. The first kappa shape index (κ1) is 22.6. The van der Waals surface area contributed by atoms with Gasteiger partial charge in [0, 0.05) is 25.3 Å². The topological polar surface area (TPSA) is 111 Å². The van der Waals surface area contributed by atoms with Crippen molar-refractivity contribution in [2.75, 3.05) is 26.4 Å². The highest BCUT2D eigenvalue weighted by Gasteiger charge is 2.18. The lowest BCUT2D eigenvalue weighted by atomic mass is 10.1. The molecular weight excluding hydrogens is 307 g/mol. The van der Waals surface area contributed by atoms with Gasteiger partial charge in [0.2, 0.25) is 0 Å². The molecule has 0 amide bonds. The lowest BCUT2D eigenvalue weighted by molar-refractivity contribution is -0.0238. The summed E-state index contributed by atoms with van der Waals surface area (Å²) in [6.45, 7) is 1.61. The minimum Gasteiger partial charge on any atom is -0.394 e. The molecule has 20 heavy (non-hydrogen) atoms. The number of nitrogens with two attached hydrogens (primary N) is 2. The first-order chi connectivity index (χ1) is 8.65. The zero-order chi connectivity index (χ0) is 13.4. The average molecular weight is 335 g/mol. The van der Waals surface area contributed by atoms with Crippen molar-refractivity contribution in [3.8, 4) is 0 Å². The summed E-state index contributed by atoms with van der Waals surface area (Å²) in [6, 6.07) is 0.465. The van der Waals surface area contributed by atoms with E-state index in [1.807, 2.05) is 0 Å². The number of rotatable bonds is 2. The Morgan fingerprint density at radius 3 is 1.35 bits per heavy atom. The summed E-state index contributed by atoms with van der Waals surface area (Å²) in [5.41, 5.74) is 11.2. The lowest BCUT2D eigenvalue weighted by Crippen LogP contribution is -2.36. The molecule has 0 aromatic heterocycles. The van der Waals surface area contributed by atoms with Crippen molar-refractivity contribution < 1.29 is 19.7 Å². The summed E-state index contributed by atoms with van der Waals surface area (Å²) in [7, 11) is 0. The zero-order valence-corrected chi connectivity index (χ0v) is 13.3. The molecule has 4 atom stereocenters. The SMILES string of the molecule is Cl.Cl.N[C@@H]1CCO[C@H](CO)C1.N[C@H]1CCO[C@@H](CO)C1. The van der Waals surface area contributed by atoms with Crippen LogP contribution in [0.15, 0.2) is 0 Å². The Morgan fingerprint density at radius 1 is 0.800 bits per heavy atom. The van der Waals surface area contributed by atoms with Gasteiger partial charge in [-0.2, -0.15) is 0 Å². The van der Waals surface area contributed by atoms with Gasteiger partial charge in [-0.1, -0.05) is 0 Å². The maximum absolute atomic E-state index is 8.63. The third-order valence-corrected chi connectivity index (χ3v) is 3.22. The van der Waals surface area contributed by atoms with Gasteiger partial charge in [-0.15, -0.1) is 24.8 Å². The van der Waals surface area contributed by atoms with Crippen LogP contribution in [0.1, 0.15) is 25.7 Å². The number of hydrogen-bond donors (Lipinski definition) is 4. The summed E-state index contributed by atoms with van der Waals surface area (Å²) in [5.74, 6) is 0. The van der Waals surface area contributed by atoms with Crippen LogP contribution < -0.4 is 11.5 Å². The van der Waals surface area contributed by atoms with Crippen LogP contribution in [0.25, 0.3) is 0 Å². The maximum atomic E-state index is 8.63. The molecule has 0 saturated carbocycles. The molecule has 2 saturated heterocycles. The average Bonchev–Trinajstić information content (AvgIpc) is 2.39. The minimum absolute atomic E-state index is 0. The van der Waals surface area contributed by atoms with Crippen molar-refractivity contribution in [2.24, 2.45) is 11.5 Å². The van der Waals surface area contributed by atoms with Gasteiger partial charge < -0.3 is 31.2 Å². The molecule has 2 aliphatic rings. The Kier molecular flexibility index (Phi) is 14.7. The van der Waals surface area contributed by atoms with E-state index in [0.29, 0.717) is 13.2 Å². The van der Waals surface area contributed by atoms with Gasteiger partial charge in [-0.25, -0.2) is 0 Å². The Morgan fingerprint density at radius 2 is 1.15 bits per heavy atom. The van der Waals surface area contributed by atoms with E-state index < -0.39 is 0 Å². The lowest BCUT2D eigenvalue weighted by Gasteiger charge is -2.25. The number of hydrogen-bond acceptors (Lipinski definition) is 6. The van der Waals surface area contributed by atoms with Gasteiger partial charge in [0.05, 0.1) is 25.4 Å². The third-order valence-electron chi connectivity index (χ3n) is 3.22. The van der Waals surface area contributed by atoms with Gasteiger partial charge in [-0.05, 0) is 25.7 Å². The summed E-state index contributed by atoms with van der Waals surface area (Å²) in [4.78, 5) is 0. The van der Waals surface area contributed by atoms with E-state index in [-0.39, 0.29) is 62.3 Å². The number of aliphatic hydroxyl groups excluding tert-OH is 2. The summed E-state index contributed by atoms with van der Waals surface area (Å²) < 4.78 is 10.3. The van der Waals surface area contributed by atoms with E-state index in [2.05, 4.69) is 0 Å². The quantitative estimate of drug-likeness (QED) is 0.557. The molecule has 2 fully saturated rings. The van der Waals surface area contributed by atoms with Gasteiger partial charge in [0.25, 0.3) is 0 Å². The van der Waals surface area contributed by atoms with E-state index in [1.165, 1.54) is 0 Å². The van der Waals surface area contributed by atoms with Crippen molar-refractivity contribution >= 4 is 24.8 Å². The van der Waals surface area contributed by atoms with Gasteiger partial charge in [-0.3, -0.25) is 0 Å². The van der Waals surface area contributed by atoms with Crippen molar-refractivity contribution in [3.63, 3.8) is 0 Å². The molecule has 0 aliphatic carbocycles. The van der Waals surface area contributed by atoms with Crippen LogP contribution in [0.5, 0.6) is 0 Å². The van der Waals surface area contributed by atoms with Crippen LogP contribution in [0.3, 0.4) is 0 Å². The van der Waals surface area contributed by atoms with Gasteiger partial charge in [0.1, 0.15) is 0 Å². The van der Waals surface area contributed by atoms with Crippen LogP contribution in [0, 0.1) is 0 Å². The fourth-order valence-electron chi connectivity index (χ4n) is 2.07. The van der Waals surface area contributed by atoms with E-state index >= 15 is 0 Å². The smallest absolute Gasteiger partial charge is 0.0820 e. The molecule has 0 aromatic rings. The second kappa shape index (κ2) is 13.0.